The van der Waals surface area contributed by atoms with Crippen molar-refractivity contribution in [3.05, 3.63) is 22.2 Å². The molecular formula is C11H14BrNO4. The van der Waals surface area contributed by atoms with Gasteiger partial charge in [0.15, 0.2) is 11.5 Å². The van der Waals surface area contributed by atoms with E-state index in [4.69, 9.17) is 9.47 Å². The van der Waals surface area contributed by atoms with Gasteiger partial charge < -0.3 is 25.1 Å². The molecule has 1 aromatic rings. The molecule has 3 N–H and O–H groups in total. The molecule has 0 saturated carbocycles. The Morgan fingerprint density at radius 3 is 2.59 bits per heavy atom. The third-order valence-corrected chi connectivity index (χ3v) is 2.93. The Balaban J connectivity index is 3.10. The highest BCUT2D eigenvalue weighted by Crippen LogP contribution is 2.37. The number of carboxylic acids is 1. The summed E-state index contributed by atoms with van der Waals surface area (Å²) in [4.78, 5) is 10.5. The van der Waals surface area contributed by atoms with Crippen LogP contribution in [0, 0.1) is 0 Å². The molecule has 1 rings (SSSR count). The van der Waals surface area contributed by atoms with Gasteiger partial charge in [0.25, 0.3) is 0 Å². The van der Waals surface area contributed by atoms with E-state index in [9.17, 15) is 9.90 Å². The van der Waals surface area contributed by atoms with Crippen molar-refractivity contribution < 1.29 is 25.1 Å². The molecule has 0 fully saturated rings. The molecule has 0 radical (unpaired) electrons. The lowest BCUT2D eigenvalue weighted by atomic mass is 10.0. The molecule has 0 unspecified atom stereocenters. The lowest BCUT2D eigenvalue weighted by Crippen LogP contribution is -2.55. The average Bonchev–Trinajstić information content (AvgIpc) is 2.26. The molecule has 1 atom stereocenters. The molecule has 0 aliphatic carbocycles. The minimum absolute atomic E-state index is 0.137. The van der Waals surface area contributed by atoms with Crippen molar-refractivity contribution in [2.75, 3.05) is 14.2 Å². The highest BCUT2D eigenvalue weighted by atomic mass is 79.9. The first-order valence-electron chi connectivity index (χ1n) is 4.94. The van der Waals surface area contributed by atoms with E-state index in [1.54, 1.807) is 12.1 Å². The molecule has 0 aromatic heterocycles. The van der Waals surface area contributed by atoms with Gasteiger partial charge in [-0.3, -0.25) is 0 Å². The second kappa shape index (κ2) is 5.88. The Morgan fingerprint density at radius 1 is 1.47 bits per heavy atom. The Bertz CT molecular complexity index is 422. The second-order valence-electron chi connectivity index (χ2n) is 3.51. The van der Waals surface area contributed by atoms with Gasteiger partial charge >= 0.3 is 0 Å². The zero-order valence-corrected chi connectivity index (χ0v) is 11.2. The van der Waals surface area contributed by atoms with E-state index in [0.717, 1.165) is 5.56 Å². The fourth-order valence-electron chi connectivity index (χ4n) is 1.49. The van der Waals surface area contributed by atoms with Crippen LogP contribution in [0.25, 0.3) is 0 Å². The Morgan fingerprint density at radius 2 is 2.12 bits per heavy atom. The van der Waals surface area contributed by atoms with Crippen LogP contribution in [-0.2, 0) is 4.79 Å². The number of carbonyl (C=O) groups is 1. The molecule has 17 heavy (non-hydrogen) atoms. The van der Waals surface area contributed by atoms with E-state index in [2.05, 4.69) is 21.7 Å². The quantitative estimate of drug-likeness (QED) is 0.822. The van der Waals surface area contributed by atoms with Gasteiger partial charge in [-0.25, -0.2) is 0 Å². The van der Waals surface area contributed by atoms with Crippen LogP contribution in [-0.4, -0.2) is 20.2 Å². The first-order valence-corrected chi connectivity index (χ1v) is 5.73. The fourth-order valence-corrected chi connectivity index (χ4v) is 2.11. The molecule has 0 aliphatic rings. The maximum absolute atomic E-state index is 10.5. The minimum atomic E-state index is -1.13. The summed E-state index contributed by atoms with van der Waals surface area (Å²) >= 11 is 3.34. The van der Waals surface area contributed by atoms with Crippen LogP contribution < -0.4 is 20.3 Å². The smallest absolute Gasteiger partial charge is 0.174 e. The summed E-state index contributed by atoms with van der Waals surface area (Å²) < 4.78 is 11.0. The van der Waals surface area contributed by atoms with Crippen molar-refractivity contribution >= 4 is 21.9 Å². The fraction of sp³-hybridized carbons (Fsp3) is 0.364. The molecule has 0 heterocycles. The zero-order valence-electron chi connectivity index (χ0n) is 9.66. The van der Waals surface area contributed by atoms with E-state index in [0.29, 0.717) is 16.0 Å². The molecule has 94 valence electrons. The first-order chi connectivity index (χ1) is 7.99. The van der Waals surface area contributed by atoms with Gasteiger partial charge in [-0.05, 0) is 28.1 Å². The van der Waals surface area contributed by atoms with Gasteiger partial charge in [0, 0.05) is 18.0 Å². The SMILES string of the molecule is COc1cc([C@H]([NH3+])CC(=O)[O-])cc(Br)c1OC. The number of methoxy groups -OCH3 is 2. The van der Waals surface area contributed by atoms with E-state index < -0.39 is 12.0 Å². The second-order valence-corrected chi connectivity index (χ2v) is 4.37. The van der Waals surface area contributed by atoms with Gasteiger partial charge in [0.2, 0.25) is 0 Å². The Labute approximate surface area is 108 Å². The summed E-state index contributed by atoms with van der Waals surface area (Å²) in [5.41, 5.74) is 4.53. The maximum atomic E-state index is 10.5. The van der Waals surface area contributed by atoms with Gasteiger partial charge in [0.1, 0.15) is 6.04 Å². The number of halogens is 1. The number of ether oxygens (including phenoxy) is 2. The molecule has 0 aliphatic heterocycles. The van der Waals surface area contributed by atoms with Crippen molar-refractivity contribution in [3.8, 4) is 11.5 Å². The standard InChI is InChI=1S/C11H14BrNO4/c1-16-9-4-6(8(13)5-10(14)15)3-7(12)11(9)17-2/h3-4,8H,5,13H2,1-2H3,(H,14,15)/t8-/m1/s1. The number of quaternary nitrogens is 1. The van der Waals surface area contributed by atoms with Gasteiger partial charge in [-0.2, -0.15) is 0 Å². The predicted octanol–water partition coefficient (Wildman–Crippen LogP) is -0.111. The number of hydrogen-bond acceptors (Lipinski definition) is 4. The number of benzene rings is 1. The van der Waals surface area contributed by atoms with E-state index in [1.165, 1.54) is 14.2 Å². The summed E-state index contributed by atoms with van der Waals surface area (Å²) in [6, 6.07) is 3.09. The third kappa shape index (κ3) is 3.34. The van der Waals surface area contributed by atoms with Crippen molar-refractivity contribution in [3.63, 3.8) is 0 Å². The average molecular weight is 304 g/mol. The summed E-state index contributed by atoms with van der Waals surface area (Å²) in [5.74, 6) is -0.0309. The monoisotopic (exact) mass is 303 g/mol. The summed E-state index contributed by atoms with van der Waals surface area (Å²) in [6.07, 6.45) is -0.137. The van der Waals surface area contributed by atoms with Crippen LogP contribution in [0.2, 0.25) is 0 Å². The lowest BCUT2D eigenvalue weighted by Gasteiger charge is -2.14. The molecule has 1 aromatic carbocycles. The molecule has 0 saturated heterocycles. The van der Waals surface area contributed by atoms with Crippen LogP contribution in [0.5, 0.6) is 11.5 Å². The highest BCUT2D eigenvalue weighted by Gasteiger charge is 2.16. The Kier molecular flexibility index (Phi) is 4.77. The molecule has 6 heteroatoms. The van der Waals surface area contributed by atoms with Crippen LogP contribution in [0.1, 0.15) is 18.0 Å². The number of hydrogen-bond donors (Lipinski definition) is 1. The van der Waals surface area contributed by atoms with Crippen LogP contribution in [0.3, 0.4) is 0 Å². The van der Waals surface area contributed by atoms with Gasteiger partial charge in [-0.1, -0.05) is 0 Å². The Hall–Kier alpha value is -1.27. The predicted molar refractivity (Wildman–Crippen MR) is 62.5 cm³/mol. The summed E-state index contributed by atoms with van der Waals surface area (Å²) in [5, 5.41) is 10.5. The largest absolute Gasteiger partial charge is 0.550 e. The zero-order chi connectivity index (χ0) is 13.0. The minimum Gasteiger partial charge on any atom is -0.550 e. The van der Waals surface area contributed by atoms with Gasteiger partial charge in [-0.15, -0.1) is 0 Å². The van der Waals surface area contributed by atoms with Crippen molar-refractivity contribution in [1.29, 1.82) is 0 Å². The normalized spacial score (nSPS) is 12.0. The molecule has 0 amide bonds. The lowest BCUT2D eigenvalue weighted by molar-refractivity contribution is -0.430. The maximum Gasteiger partial charge on any atom is 0.174 e. The van der Waals surface area contributed by atoms with E-state index in [-0.39, 0.29) is 6.42 Å². The van der Waals surface area contributed by atoms with Gasteiger partial charge in [0.05, 0.1) is 18.7 Å². The molecule has 5 nitrogen and oxygen atoms in total. The van der Waals surface area contributed by atoms with Crippen LogP contribution in [0.4, 0.5) is 0 Å². The molecule has 0 bridgehead atoms. The highest BCUT2D eigenvalue weighted by molar-refractivity contribution is 9.10. The third-order valence-electron chi connectivity index (χ3n) is 2.34. The van der Waals surface area contributed by atoms with Crippen molar-refractivity contribution in [2.45, 2.75) is 12.5 Å². The summed E-state index contributed by atoms with van der Waals surface area (Å²) in [7, 11) is 3.05. The number of rotatable bonds is 5. The van der Waals surface area contributed by atoms with Crippen molar-refractivity contribution in [2.24, 2.45) is 0 Å². The first kappa shape index (κ1) is 13.8. The van der Waals surface area contributed by atoms with Crippen molar-refractivity contribution in [1.82, 2.24) is 0 Å². The number of aliphatic carboxylic acids is 1. The van der Waals surface area contributed by atoms with Crippen LogP contribution >= 0.6 is 15.9 Å². The molecule has 0 spiro atoms. The topological polar surface area (TPSA) is 86.2 Å². The van der Waals surface area contributed by atoms with E-state index >= 15 is 0 Å². The summed E-state index contributed by atoms with van der Waals surface area (Å²) in [6.45, 7) is 0. The van der Waals surface area contributed by atoms with Crippen LogP contribution in [0.15, 0.2) is 16.6 Å². The van der Waals surface area contributed by atoms with E-state index in [1.807, 2.05) is 0 Å². The molecular weight excluding hydrogens is 290 g/mol. The number of carbonyl (C=O) groups excluding carboxylic acids is 1. The number of carboxylic acid groups (broad SMARTS) is 1.